The van der Waals surface area contributed by atoms with Crippen LogP contribution in [-0.4, -0.2) is 61.1 Å². The van der Waals surface area contributed by atoms with E-state index < -0.39 is 23.5 Å². The lowest BCUT2D eigenvalue weighted by atomic mass is 9.93. The second kappa shape index (κ2) is 9.71. The van der Waals surface area contributed by atoms with Crippen LogP contribution in [0.25, 0.3) is 0 Å². The van der Waals surface area contributed by atoms with Gasteiger partial charge in [-0.05, 0) is 29.2 Å². The first-order chi connectivity index (χ1) is 15.5. The molecule has 0 spiro atoms. The molecule has 3 heterocycles. The molecule has 2 aromatic rings. The predicted molar refractivity (Wildman–Crippen MR) is 119 cm³/mol. The summed E-state index contributed by atoms with van der Waals surface area (Å²) in [5.74, 6) is -0.962. The molecular weight excluding hydrogens is 408 g/mol. The Morgan fingerprint density at radius 2 is 1.91 bits per heavy atom. The molecule has 170 valence electrons. The summed E-state index contributed by atoms with van der Waals surface area (Å²) in [6.07, 6.45) is 2.19. The quantitative estimate of drug-likeness (QED) is 0.617. The summed E-state index contributed by atoms with van der Waals surface area (Å²) in [7, 11) is 0. The molecule has 1 saturated heterocycles. The van der Waals surface area contributed by atoms with E-state index in [1.807, 2.05) is 24.3 Å². The maximum absolute atomic E-state index is 13.2. The number of ketones is 1. The Hall–Kier alpha value is -2.90. The van der Waals surface area contributed by atoms with Gasteiger partial charge in [-0.1, -0.05) is 38.1 Å². The fourth-order valence-corrected chi connectivity index (χ4v) is 4.48. The molecule has 1 atom stereocenters. The molecule has 2 aliphatic heterocycles. The van der Waals surface area contributed by atoms with E-state index in [0.29, 0.717) is 12.5 Å². The highest BCUT2D eigenvalue weighted by molar-refractivity contribution is 6.15. The number of hydrogen-bond donors (Lipinski definition) is 2. The number of carbonyl (C=O) groups excluding carboxylic acids is 2. The zero-order valence-electron chi connectivity index (χ0n) is 18.7. The molecule has 1 fully saturated rings. The van der Waals surface area contributed by atoms with Gasteiger partial charge in [0.15, 0.2) is 11.5 Å². The Kier molecular flexibility index (Phi) is 6.77. The molecule has 0 bridgehead atoms. The van der Waals surface area contributed by atoms with Crippen molar-refractivity contribution in [2.45, 2.75) is 32.2 Å². The first kappa shape index (κ1) is 22.3. The number of benzene rings is 1. The van der Waals surface area contributed by atoms with Crippen molar-refractivity contribution in [1.82, 2.24) is 4.90 Å². The average molecular weight is 440 g/mol. The Morgan fingerprint density at radius 3 is 2.53 bits per heavy atom. The van der Waals surface area contributed by atoms with Crippen LogP contribution < -0.4 is 4.90 Å². The summed E-state index contributed by atoms with van der Waals surface area (Å²) in [6.45, 7) is 9.03. The van der Waals surface area contributed by atoms with Gasteiger partial charge in [-0.2, -0.15) is 0 Å². The summed E-state index contributed by atoms with van der Waals surface area (Å²) in [5.41, 5.74) is 2.06. The van der Waals surface area contributed by atoms with Crippen molar-refractivity contribution >= 4 is 11.7 Å². The van der Waals surface area contributed by atoms with Gasteiger partial charge in [0.1, 0.15) is 13.1 Å². The molecule has 1 aromatic carbocycles. The second-order valence-corrected chi connectivity index (χ2v) is 8.76. The van der Waals surface area contributed by atoms with E-state index in [4.69, 9.17) is 9.15 Å². The van der Waals surface area contributed by atoms with Gasteiger partial charge >= 0.3 is 0 Å². The van der Waals surface area contributed by atoms with E-state index in [2.05, 4.69) is 13.8 Å². The van der Waals surface area contributed by atoms with Crippen LogP contribution in [-0.2, 0) is 9.53 Å². The lowest BCUT2D eigenvalue weighted by Gasteiger charge is -2.28. The smallest absolute Gasteiger partial charge is 0.290 e. The highest BCUT2D eigenvalue weighted by Gasteiger charge is 2.44. The molecule has 0 saturated carbocycles. The molecule has 32 heavy (non-hydrogen) atoms. The number of ether oxygens (including phenoxy) is 1. The largest absolute Gasteiger partial charge is 0.503 e. The molecule has 2 N–H and O–H groups in total. The first-order valence-electron chi connectivity index (χ1n) is 11.3. The van der Waals surface area contributed by atoms with Crippen LogP contribution in [0.5, 0.6) is 0 Å². The summed E-state index contributed by atoms with van der Waals surface area (Å²) in [5, 5.41) is 10.7. The number of furan rings is 1. The summed E-state index contributed by atoms with van der Waals surface area (Å²) < 4.78 is 10.7. The maximum atomic E-state index is 13.2. The molecule has 0 unspecified atom stereocenters. The second-order valence-electron chi connectivity index (χ2n) is 8.76. The normalized spacial score (nSPS) is 19.9. The molecule has 1 amide bonds. The topological polar surface area (TPSA) is 84.4 Å². The Bertz CT molecular complexity index is 972. The summed E-state index contributed by atoms with van der Waals surface area (Å²) >= 11 is 0. The SMILES string of the molecule is CC(C)c1ccc([C@H]2C(C(=O)c3ccco3)=C(O)C(=O)N2CCC[NH+]2CCOCC2)cc1. The minimum Gasteiger partial charge on any atom is -0.503 e. The van der Waals surface area contributed by atoms with Gasteiger partial charge in [-0.3, -0.25) is 9.59 Å². The van der Waals surface area contributed by atoms with Crippen molar-refractivity contribution in [3.8, 4) is 0 Å². The monoisotopic (exact) mass is 439 g/mol. The molecule has 0 radical (unpaired) electrons. The number of Topliss-reactive ketones (excluding diaryl/α,β-unsaturated/α-hetero) is 1. The molecule has 4 rings (SSSR count). The number of amides is 1. The molecular formula is C25H31N2O5+. The van der Waals surface area contributed by atoms with Gasteiger partial charge in [-0.25, -0.2) is 0 Å². The van der Waals surface area contributed by atoms with Gasteiger partial charge in [0.05, 0.1) is 37.6 Å². The number of nitrogens with zero attached hydrogens (tertiary/aromatic N) is 1. The van der Waals surface area contributed by atoms with Gasteiger partial charge in [0.25, 0.3) is 5.91 Å². The molecule has 2 aliphatic rings. The highest BCUT2D eigenvalue weighted by Crippen LogP contribution is 2.39. The lowest BCUT2D eigenvalue weighted by Crippen LogP contribution is -3.14. The molecule has 7 heteroatoms. The fourth-order valence-electron chi connectivity index (χ4n) is 4.48. The molecule has 0 aliphatic carbocycles. The number of morpholine rings is 1. The van der Waals surface area contributed by atoms with Crippen LogP contribution in [0.15, 0.2) is 58.4 Å². The van der Waals surface area contributed by atoms with Crippen LogP contribution >= 0.6 is 0 Å². The zero-order chi connectivity index (χ0) is 22.7. The maximum Gasteiger partial charge on any atom is 0.290 e. The van der Waals surface area contributed by atoms with Gasteiger partial charge in [-0.15, -0.1) is 0 Å². The van der Waals surface area contributed by atoms with E-state index in [1.54, 1.807) is 17.0 Å². The Labute approximate surface area is 188 Å². The third-order valence-corrected chi connectivity index (χ3v) is 6.34. The highest BCUT2D eigenvalue weighted by atomic mass is 16.5. The number of aliphatic hydroxyl groups is 1. The predicted octanol–water partition coefficient (Wildman–Crippen LogP) is 2.29. The van der Waals surface area contributed by atoms with Crippen LogP contribution in [0.3, 0.4) is 0 Å². The van der Waals surface area contributed by atoms with E-state index in [0.717, 1.165) is 44.8 Å². The number of hydrogen-bond acceptors (Lipinski definition) is 5. The number of nitrogens with one attached hydrogen (secondary N) is 1. The Balaban J connectivity index is 1.60. The van der Waals surface area contributed by atoms with E-state index >= 15 is 0 Å². The summed E-state index contributed by atoms with van der Waals surface area (Å²) in [4.78, 5) is 29.3. The summed E-state index contributed by atoms with van der Waals surface area (Å²) in [6, 6.07) is 10.5. The van der Waals surface area contributed by atoms with Crippen molar-refractivity contribution in [2.24, 2.45) is 0 Å². The van der Waals surface area contributed by atoms with Gasteiger partial charge in [0.2, 0.25) is 5.78 Å². The number of quaternary nitrogens is 1. The average Bonchev–Trinajstić information content (AvgIpc) is 3.43. The van der Waals surface area contributed by atoms with Crippen molar-refractivity contribution < 1.29 is 28.7 Å². The minimum absolute atomic E-state index is 0.0842. The minimum atomic E-state index is -0.638. The third kappa shape index (κ3) is 4.49. The third-order valence-electron chi connectivity index (χ3n) is 6.34. The number of rotatable bonds is 8. The number of aliphatic hydroxyl groups excluding tert-OH is 1. The van der Waals surface area contributed by atoms with Crippen molar-refractivity contribution in [1.29, 1.82) is 0 Å². The first-order valence-corrected chi connectivity index (χ1v) is 11.3. The lowest BCUT2D eigenvalue weighted by molar-refractivity contribution is -0.908. The van der Waals surface area contributed by atoms with Gasteiger partial charge < -0.3 is 24.1 Å². The standard InChI is InChI=1S/C25H30N2O5/c1-17(2)18-6-8-19(9-7-18)22-21(23(28)20-5-3-14-32-20)24(29)25(30)27(22)11-4-10-26-12-15-31-16-13-26/h3,5-9,14,17,22,29H,4,10-13,15-16H2,1-2H3/p+1/t22-/m0/s1. The number of carbonyl (C=O) groups is 2. The van der Waals surface area contributed by atoms with Crippen molar-refractivity contribution in [3.63, 3.8) is 0 Å². The van der Waals surface area contributed by atoms with E-state index in [-0.39, 0.29) is 11.3 Å². The van der Waals surface area contributed by atoms with Gasteiger partial charge in [0, 0.05) is 13.0 Å². The molecule has 7 nitrogen and oxygen atoms in total. The Morgan fingerprint density at radius 1 is 1.19 bits per heavy atom. The van der Waals surface area contributed by atoms with E-state index in [9.17, 15) is 14.7 Å². The van der Waals surface area contributed by atoms with Crippen molar-refractivity contribution in [2.75, 3.05) is 39.4 Å². The van der Waals surface area contributed by atoms with Crippen LogP contribution in [0.2, 0.25) is 0 Å². The molecule has 1 aromatic heterocycles. The fraction of sp³-hybridized carbons (Fsp3) is 0.440. The van der Waals surface area contributed by atoms with Crippen LogP contribution in [0.1, 0.15) is 53.9 Å². The van der Waals surface area contributed by atoms with Crippen LogP contribution in [0.4, 0.5) is 0 Å². The van der Waals surface area contributed by atoms with Crippen molar-refractivity contribution in [3.05, 3.63) is 70.9 Å². The van der Waals surface area contributed by atoms with Crippen LogP contribution in [0, 0.1) is 0 Å². The zero-order valence-corrected chi connectivity index (χ0v) is 18.7. The van der Waals surface area contributed by atoms with E-state index in [1.165, 1.54) is 16.7 Å².